The van der Waals surface area contributed by atoms with Crippen molar-refractivity contribution in [2.45, 2.75) is 83.6 Å². The van der Waals surface area contributed by atoms with Crippen molar-refractivity contribution in [2.24, 2.45) is 5.92 Å². The quantitative estimate of drug-likeness (QED) is 0.477. The molecule has 0 atom stereocenters. The zero-order valence-electron chi connectivity index (χ0n) is 11.3. The third-order valence-electron chi connectivity index (χ3n) is 1.47. The van der Waals surface area contributed by atoms with Gasteiger partial charge in [-0.2, -0.15) is 0 Å². The summed E-state index contributed by atoms with van der Waals surface area (Å²) < 4.78 is 10.7. The standard InChI is InChI=1S/C10H22O2.C3H8.4CH4/c1-4-5-6-11-7-8-12-9-10(2)3;1-3-2;;;;/h10H,4-9H2,1-3H3;3H2,1-2H3;4*1H4. The zero-order valence-corrected chi connectivity index (χ0v) is 11.3. The molecule has 0 aliphatic carbocycles. The lowest BCUT2D eigenvalue weighted by Crippen LogP contribution is -2.08. The van der Waals surface area contributed by atoms with Crippen LogP contribution in [-0.4, -0.2) is 26.4 Å². The Bertz CT molecular complexity index is 93.3. The van der Waals surface area contributed by atoms with Gasteiger partial charge in [-0.05, 0) is 12.3 Å². The third-order valence-corrected chi connectivity index (χ3v) is 1.47. The molecular formula is C17H46O2. The summed E-state index contributed by atoms with van der Waals surface area (Å²) >= 11 is 0. The molecule has 0 N–H and O–H groups in total. The van der Waals surface area contributed by atoms with Crippen molar-refractivity contribution in [3.05, 3.63) is 0 Å². The van der Waals surface area contributed by atoms with Crippen LogP contribution in [0.4, 0.5) is 0 Å². The number of hydrogen-bond acceptors (Lipinski definition) is 2. The Morgan fingerprint density at radius 1 is 0.737 bits per heavy atom. The van der Waals surface area contributed by atoms with Crippen molar-refractivity contribution >= 4 is 0 Å². The van der Waals surface area contributed by atoms with Crippen LogP contribution in [0.1, 0.15) is 83.6 Å². The summed E-state index contributed by atoms with van der Waals surface area (Å²) in [6, 6.07) is 0. The minimum Gasteiger partial charge on any atom is -0.379 e. The van der Waals surface area contributed by atoms with Crippen LogP contribution in [-0.2, 0) is 9.47 Å². The summed E-state index contributed by atoms with van der Waals surface area (Å²) in [5, 5.41) is 0. The van der Waals surface area contributed by atoms with Crippen LogP contribution in [0, 0.1) is 5.92 Å². The van der Waals surface area contributed by atoms with E-state index >= 15 is 0 Å². The second-order valence-electron chi connectivity index (χ2n) is 4.14. The highest BCUT2D eigenvalue weighted by Crippen LogP contribution is 1.92. The van der Waals surface area contributed by atoms with Crippen LogP contribution in [0.15, 0.2) is 0 Å². The maximum atomic E-state index is 5.35. The molecule has 0 rings (SSSR count). The van der Waals surface area contributed by atoms with Crippen molar-refractivity contribution in [3.8, 4) is 0 Å². The first-order valence-electron chi connectivity index (χ1n) is 6.34. The normalized spacial score (nSPS) is 7.89. The zero-order chi connectivity index (χ0) is 11.9. The van der Waals surface area contributed by atoms with Gasteiger partial charge in [-0.25, -0.2) is 0 Å². The van der Waals surface area contributed by atoms with Gasteiger partial charge in [-0.1, -0.05) is 77.2 Å². The highest BCUT2D eigenvalue weighted by molar-refractivity contribution is 4.39. The van der Waals surface area contributed by atoms with Crippen LogP contribution in [0.3, 0.4) is 0 Å². The fourth-order valence-corrected chi connectivity index (χ4v) is 0.785. The summed E-state index contributed by atoms with van der Waals surface area (Å²) in [5.74, 6) is 0.626. The molecule has 0 saturated heterocycles. The number of rotatable bonds is 8. The Morgan fingerprint density at radius 3 is 1.53 bits per heavy atom. The maximum Gasteiger partial charge on any atom is 0.0700 e. The second kappa shape index (κ2) is 36.1. The number of unbranched alkanes of at least 4 members (excludes halogenated alkanes) is 1. The lowest BCUT2D eigenvalue weighted by Gasteiger charge is -2.06. The van der Waals surface area contributed by atoms with Gasteiger partial charge in [0.05, 0.1) is 13.2 Å². The van der Waals surface area contributed by atoms with Crippen LogP contribution < -0.4 is 0 Å². The molecule has 0 saturated carbocycles. The Kier molecular flexibility index (Phi) is 69.2. The summed E-state index contributed by atoms with van der Waals surface area (Å²) in [5.41, 5.74) is 0. The van der Waals surface area contributed by atoms with E-state index < -0.39 is 0 Å². The Labute approximate surface area is 126 Å². The molecule has 0 unspecified atom stereocenters. The van der Waals surface area contributed by atoms with E-state index in [1.54, 1.807) is 0 Å². The van der Waals surface area contributed by atoms with Crippen molar-refractivity contribution in [3.63, 3.8) is 0 Å². The first-order valence-corrected chi connectivity index (χ1v) is 6.34. The minimum atomic E-state index is 0. The molecule has 0 aliphatic rings. The van der Waals surface area contributed by atoms with Crippen LogP contribution in [0.2, 0.25) is 0 Å². The summed E-state index contributed by atoms with van der Waals surface area (Å²) in [6.45, 7) is 13.9. The summed E-state index contributed by atoms with van der Waals surface area (Å²) in [6.07, 6.45) is 3.61. The van der Waals surface area contributed by atoms with E-state index in [1.807, 2.05) is 0 Å². The molecule has 19 heavy (non-hydrogen) atoms. The SMILES string of the molecule is C.C.C.C.CCC.CCCCOCCOCC(C)C. The molecule has 0 heterocycles. The molecule has 0 aromatic rings. The van der Waals surface area contributed by atoms with E-state index in [0.717, 1.165) is 32.8 Å². The highest BCUT2D eigenvalue weighted by atomic mass is 16.5. The van der Waals surface area contributed by atoms with Crippen molar-refractivity contribution < 1.29 is 9.47 Å². The molecule has 0 amide bonds. The smallest absolute Gasteiger partial charge is 0.0700 e. The molecule has 0 aromatic heterocycles. The largest absolute Gasteiger partial charge is 0.379 e. The van der Waals surface area contributed by atoms with Crippen LogP contribution >= 0.6 is 0 Å². The highest BCUT2D eigenvalue weighted by Gasteiger charge is 1.93. The van der Waals surface area contributed by atoms with Crippen LogP contribution in [0.25, 0.3) is 0 Å². The van der Waals surface area contributed by atoms with E-state index in [9.17, 15) is 0 Å². The average Bonchev–Trinajstić information content (AvgIpc) is 2.17. The van der Waals surface area contributed by atoms with Gasteiger partial charge in [0.1, 0.15) is 0 Å². The average molecular weight is 283 g/mol. The fraction of sp³-hybridized carbons (Fsp3) is 1.00. The summed E-state index contributed by atoms with van der Waals surface area (Å²) in [7, 11) is 0. The fourth-order valence-electron chi connectivity index (χ4n) is 0.785. The lowest BCUT2D eigenvalue weighted by molar-refractivity contribution is 0.0369. The predicted molar refractivity (Wildman–Crippen MR) is 94.3 cm³/mol. The molecule has 0 radical (unpaired) electrons. The van der Waals surface area contributed by atoms with Crippen molar-refractivity contribution in [1.82, 2.24) is 0 Å². The Balaban J connectivity index is -0.0000000551. The van der Waals surface area contributed by atoms with Gasteiger partial charge in [-0.15, -0.1) is 0 Å². The molecule has 126 valence electrons. The molecule has 0 spiro atoms. The van der Waals surface area contributed by atoms with E-state index in [2.05, 4.69) is 34.6 Å². The second-order valence-corrected chi connectivity index (χ2v) is 4.14. The van der Waals surface area contributed by atoms with Gasteiger partial charge in [0.2, 0.25) is 0 Å². The van der Waals surface area contributed by atoms with Crippen molar-refractivity contribution in [1.29, 1.82) is 0 Å². The molecule has 0 aliphatic heterocycles. The molecule has 2 nitrogen and oxygen atoms in total. The molecule has 0 fully saturated rings. The lowest BCUT2D eigenvalue weighted by atomic mass is 10.2. The molecular weight excluding hydrogens is 236 g/mol. The van der Waals surface area contributed by atoms with Gasteiger partial charge in [0, 0.05) is 13.2 Å². The van der Waals surface area contributed by atoms with E-state index in [1.165, 1.54) is 12.8 Å². The van der Waals surface area contributed by atoms with Gasteiger partial charge in [0.25, 0.3) is 0 Å². The van der Waals surface area contributed by atoms with Crippen LogP contribution in [0.5, 0.6) is 0 Å². The van der Waals surface area contributed by atoms with Gasteiger partial charge < -0.3 is 9.47 Å². The summed E-state index contributed by atoms with van der Waals surface area (Å²) in [4.78, 5) is 0. The van der Waals surface area contributed by atoms with E-state index in [-0.39, 0.29) is 29.7 Å². The first kappa shape index (κ1) is 36.4. The predicted octanol–water partition coefficient (Wildman–Crippen LogP) is 6.44. The van der Waals surface area contributed by atoms with Gasteiger partial charge in [-0.3, -0.25) is 0 Å². The van der Waals surface area contributed by atoms with Gasteiger partial charge >= 0.3 is 0 Å². The number of ether oxygens (including phenoxy) is 2. The van der Waals surface area contributed by atoms with E-state index in [0.29, 0.717) is 5.92 Å². The third kappa shape index (κ3) is 57.1. The van der Waals surface area contributed by atoms with Crippen molar-refractivity contribution in [2.75, 3.05) is 26.4 Å². The Hall–Kier alpha value is -0.0800. The van der Waals surface area contributed by atoms with E-state index in [4.69, 9.17) is 9.47 Å². The monoisotopic (exact) mass is 282 g/mol. The molecule has 0 aromatic carbocycles. The molecule has 2 heteroatoms. The topological polar surface area (TPSA) is 18.5 Å². The number of hydrogen-bond donors (Lipinski definition) is 0. The first-order chi connectivity index (χ1) is 7.18. The maximum absolute atomic E-state index is 5.35. The minimum absolute atomic E-state index is 0. The molecule has 0 bridgehead atoms. The van der Waals surface area contributed by atoms with Gasteiger partial charge in [0.15, 0.2) is 0 Å². The Morgan fingerprint density at radius 2 is 1.16 bits per heavy atom.